The van der Waals surface area contributed by atoms with Gasteiger partial charge >= 0.3 is 6.03 Å². The Bertz CT molecular complexity index is 985. The van der Waals surface area contributed by atoms with E-state index in [1.807, 2.05) is 41.3 Å². The Labute approximate surface area is 205 Å². The van der Waals surface area contributed by atoms with Gasteiger partial charge in [-0.05, 0) is 80.1 Å². The third-order valence-electron chi connectivity index (χ3n) is 7.04. The number of nitrogens with two attached hydrogens (primary N) is 2. The molecule has 2 aliphatic heterocycles. The predicted octanol–water partition coefficient (Wildman–Crippen LogP) is 3.18. The highest BCUT2D eigenvalue weighted by atomic mass is 35.5. The number of urea groups is 1. The number of pyridine rings is 1. The van der Waals surface area contributed by atoms with E-state index < -0.39 is 6.03 Å². The van der Waals surface area contributed by atoms with Gasteiger partial charge in [-0.1, -0.05) is 23.7 Å². The Morgan fingerprint density at radius 3 is 2.35 bits per heavy atom. The van der Waals surface area contributed by atoms with Crippen molar-refractivity contribution in [3.63, 3.8) is 0 Å². The monoisotopic (exact) mass is 484 g/mol. The second-order valence-corrected chi connectivity index (χ2v) is 9.78. The Kier molecular flexibility index (Phi) is 7.90. The number of halogens is 1. The Morgan fingerprint density at radius 2 is 1.74 bits per heavy atom. The second kappa shape index (κ2) is 11.1. The standard InChI is InChI=1S/C25H33ClN6O2/c26-21-3-1-18(2-4-21)23(30-25(28)34)19-8-13-32(14-9-19)24(33)20-6-11-31(12-7-20)16-17-5-10-29-22(27)15-17/h1-5,10,15,19-20,23H,6-9,11-14,16H2,(H2,27,29)(H3,28,30,34). The van der Waals surface area contributed by atoms with Crippen LogP contribution in [0, 0.1) is 11.8 Å². The number of anilines is 1. The molecule has 1 aromatic carbocycles. The van der Waals surface area contributed by atoms with Crippen LogP contribution in [-0.4, -0.2) is 52.9 Å². The number of carbonyl (C=O) groups excluding carboxylic acids is 2. The Balaban J connectivity index is 1.28. The maximum absolute atomic E-state index is 13.2. The quantitative estimate of drug-likeness (QED) is 0.582. The lowest BCUT2D eigenvalue weighted by Crippen LogP contribution is -2.47. The number of nitrogens with one attached hydrogen (secondary N) is 1. The number of hydrogen-bond acceptors (Lipinski definition) is 5. The number of hydrogen-bond donors (Lipinski definition) is 3. The summed E-state index contributed by atoms with van der Waals surface area (Å²) in [6, 6.07) is 10.7. The highest BCUT2D eigenvalue weighted by Crippen LogP contribution is 2.33. The van der Waals surface area contributed by atoms with Crippen LogP contribution in [0.4, 0.5) is 10.6 Å². The van der Waals surface area contributed by atoms with Crippen molar-refractivity contribution in [2.45, 2.75) is 38.3 Å². The molecule has 1 atom stereocenters. The number of rotatable bonds is 6. The van der Waals surface area contributed by atoms with Crippen molar-refractivity contribution < 1.29 is 9.59 Å². The molecule has 4 rings (SSSR count). The van der Waals surface area contributed by atoms with E-state index in [0.29, 0.717) is 23.9 Å². The van der Waals surface area contributed by atoms with Crippen LogP contribution in [0.15, 0.2) is 42.6 Å². The molecule has 0 spiro atoms. The third kappa shape index (κ3) is 6.18. The number of likely N-dealkylation sites (tertiary alicyclic amines) is 2. The summed E-state index contributed by atoms with van der Waals surface area (Å²) < 4.78 is 0. The zero-order chi connectivity index (χ0) is 24.1. The van der Waals surface area contributed by atoms with Crippen LogP contribution in [0.3, 0.4) is 0 Å². The molecular formula is C25H33ClN6O2. The first-order valence-corrected chi connectivity index (χ1v) is 12.3. The molecule has 5 N–H and O–H groups in total. The molecule has 9 heteroatoms. The van der Waals surface area contributed by atoms with Crippen LogP contribution in [0.1, 0.15) is 42.9 Å². The molecule has 3 amide bonds. The lowest BCUT2D eigenvalue weighted by Gasteiger charge is -2.39. The van der Waals surface area contributed by atoms with Crippen molar-refractivity contribution >= 4 is 29.4 Å². The van der Waals surface area contributed by atoms with E-state index in [0.717, 1.165) is 56.4 Å². The first-order chi connectivity index (χ1) is 16.4. The number of piperidine rings is 2. The smallest absolute Gasteiger partial charge is 0.312 e. The number of carbonyl (C=O) groups is 2. The SMILES string of the molecule is NC(=O)NC(c1ccc(Cl)cc1)C1CCN(C(=O)C2CCN(Cc3ccnc(N)c3)CC2)CC1. The van der Waals surface area contributed by atoms with Gasteiger partial charge in [0.15, 0.2) is 0 Å². The molecule has 2 saturated heterocycles. The first kappa shape index (κ1) is 24.3. The lowest BCUT2D eigenvalue weighted by atomic mass is 9.84. The number of benzene rings is 1. The highest BCUT2D eigenvalue weighted by Gasteiger charge is 2.33. The van der Waals surface area contributed by atoms with E-state index in [2.05, 4.69) is 15.2 Å². The van der Waals surface area contributed by atoms with Crippen molar-refractivity contribution in [1.29, 1.82) is 0 Å². The fraction of sp³-hybridized carbons (Fsp3) is 0.480. The van der Waals surface area contributed by atoms with Crippen LogP contribution in [-0.2, 0) is 11.3 Å². The van der Waals surface area contributed by atoms with Gasteiger partial charge in [-0.25, -0.2) is 9.78 Å². The van der Waals surface area contributed by atoms with Crippen LogP contribution in [0.25, 0.3) is 0 Å². The van der Waals surface area contributed by atoms with Gasteiger partial charge in [-0.15, -0.1) is 0 Å². The average Bonchev–Trinajstić information content (AvgIpc) is 2.83. The van der Waals surface area contributed by atoms with E-state index >= 15 is 0 Å². The van der Waals surface area contributed by atoms with Crippen molar-refractivity contribution in [3.05, 3.63) is 58.7 Å². The minimum Gasteiger partial charge on any atom is -0.384 e. The molecule has 0 saturated carbocycles. The molecule has 2 aromatic rings. The second-order valence-electron chi connectivity index (χ2n) is 9.34. The average molecular weight is 485 g/mol. The Hall–Kier alpha value is -2.84. The van der Waals surface area contributed by atoms with Gasteiger partial charge in [-0.2, -0.15) is 0 Å². The van der Waals surface area contributed by atoms with Crippen molar-refractivity contribution in [2.24, 2.45) is 17.6 Å². The summed E-state index contributed by atoms with van der Waals surface area (Å²) in [7, 11) is 0. The largest absolute Gasteiger partial charge is 0.384 e. The van der Waals surface area contributed by atoms with Gasteiger partial charge < -0.3 is 21.7 Å². The molecular weight excluding hydrogens is 452 g/mol. The van der Waals surface area contributed by atoms with E-state index in [1.165, 1.54) is 0 Å². The topological polar surface area (TPSA) is 118 Å². The summed E-state index contributed by atoms with van der Waals surface area (Å²) in [6.45, 7) is 4.03. The maximum Gasteiger partial charge on any atom is 0.312 e. The molecule has 2 fully saturated rings. The van der Waals surface area contributed by atoms with Crippen molar-refractivity contribution in [3.8, 4) is 0 Å². The first-order valence-electron chi connectivity index (χ1n) is 11.9. The summed E-state index contributed by atoms with van der Waals surface area (Å²) in [5.74, 6) is 1.09. The van der Waals surface area contributed by atoms with Crippen LogP contribution >= 0.6 is 11.6 Å². The van der Waals surface area contributed by atoms with Gasteiger partial charge in [0, 0.05) is 36.8 Å². The van der Waals surface area contributed by atoms with Crippen molar-refractivity contribution in [1.82, 2.24) is 20.1 Å². The number of nitrogen functional groups attached to an aromatic ring is 1. The normalized spacial score (nSPS) is 19.0. The van der Waals surface area contributed by atoms with Crippen LogP contribution in [0.5, 0.6) is 0 Å². The molecule has 8 nitrogen and oxygen atoms in total. The summed E-state index contributed by atoms with van der Waals surface area (Å²) >= 11 is 6.02. The molecule has 182 valence electrons. The Morgan fingerprint density at radius 1 is 1.06 bits per heavy atom. The third-order valence-corrected chi connectivity index (χ3v) is 7.29. The molecule has 0 bridgehead atoms. The predicted molar refractivity (Wildman–Crippen MR) is 133 cm³/mol. The molecule has 1 aromatic heterocycles. The summed E-state index contributed by atoms with van der Waals surface area (Å²) in [5.41, 5.74) is 13.4. The van der Waals surface area contributed by atoms with Crippen LogP contribution in [0.2, 0.25) is 5.02 Å². The zero-order valence-electron chi connectivity index (χ0n) is 19.3. The molecule has 0 aliphatic carbocycles. The maximum atomic E-state index is 13.2. The number of aromatic nitrogens is 1. The minimum atomic E-state index is -0.542. The molecule has 34 heavy (non-hydrogen) atoms. The van der Waals surface area contributed by atoms with Crippen molar-refractivity contribution in [2.75, 3.05) is 31.9 Å². The van der Waals surface area contributed by atoms with E-state index in [-0.39, 0.29) is 23.8 Å². The van der Waals surface area contributed by atoms with Gasteiger partial charge in [0.1, 0.15) is 5.82 Å². The molecule has 1 unspecified atom stereocenters. The van der Waals surface area contributed by atoms with Gasteiger partial charge in [-0.3, -0.25) is 9.69 Å². The molecule has 0 radical (unpaired) electrons. The number of amides is 3. The fourth-order valence-electron chi connectivity index (χ4n) is 5.20. The summed E-state index contributed by atoms with van der Waals surface area (Å²) in [6.07, 6.45) is 5.12. The van der Waals surface area contributed by atoms with Gasteiger partial charge in [0.25, 0.3) is 0 Å². The number of primary amides is 1. The molecule has 2 aliphatic rings. The van der Waals surface area contributed by atoms with E-state index in [4.69, 9.17) is 23.1 Å². The zero-order valence-corrected chi connectivity index (χ0v) is 20.1. The lowest BCUT2D eigenvalue weighted by molar-refractivity contribution is -0.138. The highest BCUT2D eigenvalue weighted by molar-refractivity contribution is 6.30. The van der Waals surface area contributed by atoms with Gasteiger partial charge in [0.2, 0.25) is 5.91 Å². The van der Waals surface area contributed by atoms with Crippen LogP contribution < -0.4 is 16.8 Å². The fourth-order valence-corrected chi connectivity index (χ4v) is 5.32. The van der Waals surface area contributed by atoms with E-state index in [1.54, 1.807) is 6.20 Å². The summed E-state index contributed by atoms with van der Waals surface area (Å²) in [4.78, 5) is 33.3. The van der Waals surface area contributed by atoms with Gasteiger partial charge in [0.05, 0.1) is 6.04 Å². The number of nitrogens with zero attached hydrogens (tertiary/aromatic N) is 3. The molecule has 3 heterocycles. The minimum absolute atomic E-state index is 0.0751. The van der Waals surface area contributed by atoms with E-state index in [9.17, 15) is 9.59 Å². The summed E-state index contributed by atoms with van der Waals surface area (Å²) in [5, 5.41) is 3.55.